The number of ether oxygens (including phenoxy) is 1. The molecule has 0 N–H and O–H groups in total. The highest BCUT2D eigenvalue weighted by Gasteiger charge is 2.13. The largest absolute Gasteiger partial charge is 0.497 e. The molecule has 0 aliphatic carbocycles. The molecule has 1 heterocycles. The number of hydrogen-bond acceptors (Lipinski definition) is 3. The van der Waals surface area contributed by atoms with Gasteiger partial charge in [0.05, 0.1) is 23.7 Å². The van der Waals surface area contributed by atoms with Crippen molar-refractivity contribution in [3.63, 3.8) is 0 Å². The molecule has 0 atom stereocenters. The summed E-state index contributed by atoms with van der Waals surface area (Å²) in [6.07, 6.45) is 1.45. The molecule has 84 valence electrons. The molecule has 0 saturated heterocycles. The van der Waals surface area contributed by atoms with Gasteiger partial charge in [0.1, 0.15) is 17.9 Å². The Labute approximate surface area is 93.3 Å². The maximum Gasteiger partial charge on any atom is 0.138 e. The Hall–Kier alpha value is -1.71. The van der Waals surface area contributed by atoms with E-state index in [9.17, 15) is 4.39 Å². The molecule has 0 amide bonds. The highest BCUT2D eigenvalue weighted by molar-refractivity contribution is 5.83. The molecule has 2 aromatic rings. The summed E-state index contributed by atoms with van der Waals surface area (Å²) in [5.41, 5.74) is 1.31. The summed E-state index contributed by atoms with van der Waals surface area (Å²) in [6.45, 7) is 3.96. The van der Waals surface area contributed by atoms with Crippen molar-refractivity contribution in [1.29, 1.82) is 0 Å². The second-order valence-corrected chi connectivity index (χ2v) is 3.92. The Balaban J connectivity index is 2.78. The molecule has 0 bridgehead atoms. The second-order valence-electron chi connectivity index (χ2n) is 3.92. The van der Waals surface area contributed by atoms with Crippen molar-refractivity contribution in [2.75, 3.05) is 7.11 Å². The van der Waals surface area contributed by atoms with E-state index in [1.54, 1.807) is 6.07 Å². The Kier molecular flexibility index (Phi) is 2.73. The van der Waals surface area contributed by atoms with Crippen molar-refractivity contribution in [2.24, 2.45) is 0 Å². The monoisotopic (exact) mass is 220 g/mol. The van der Waals surface area contributed by atoms with Crippen LogP contribution in [0, 0.1) is 5.82 Å². The van der Waals surface area contributed by atoms with Crippen LogP contribution in [-0.4, -0.2) is 17.1 Å². The fourth-order valence-corrected chi connectivity index (χ4v) is 1.70. The minimum absolute atomic E-state index is 0.161. The van der Waals surface area contributed by atoms with E-state index >= 15 is 0 Å². The van der Waals surface area contributed by atoms with Crippen molar-refractivity contribution in [3.05, 3.63) is 30.0 Å². The van der Waals surface area contributed by atoms with Crippen LogP contribution in [0.3, 0.4) is 0 Å². The van der Waals surface area contributed by atoms with E-state index in [0.717, 1.165) is 5.69 Å². The second kappa shape index (κ2) is 4.04. The fourth-order valence-electron chi connectivity index (χ4n) is 1.70. The number of methoxy groups -OCH3 is 1. The molecule has 3 nitrogen and oxygen atoms in total. The Morgan fingerprint density at radius 1 is 1.25 bits per heavy atom. The molecule has 0 radical (unpaired) electrons. The molecule has 1 aromatic carbocycles. The van der Waals surface area contributed by atoms with Gasteiger partial charge in [-0.15, -0.1) is 0 Å². The standard InChI is InChI=1S/C12H13FN2O/c1-7(2)12-11-9(13)4-8(16-3)5-10(11)14-6-15-12/h4-7H,1-3H3. The zero-order valence-corrected chi connectivity index (χ0v) is 9.49. The van der Waals surface area contributed by atoms with Crippen LogP contribution < -0.4 is 4.74 Å². The molecule has 0 unspecified atom stereocenters. The number of nitrogens with zero attached hydrogens (tertiary/aromatic N) is 2. The third-order valence-electron chi connectivity index (χ3n) is 2.48. The number of rotatable bonds is 2. The number of benzene rings is 1. The van der Waals surface area contributed by atoms with Crippen molar-refractivity contribution >= 4 is 10.9 Å². The first kappa shape index (κ1) is 10.8. The van der Waals surface area contributed by atoms with Gasteiger partial charge in [-0.1, -0.05) is 13.8 Å². The first-order valence-electron chi connectivity index (χ1n) is 5.11. The van der Waals surface area contributed by atoms with Gasteiger partial charge in [-0.2, -0.15) is 0 Å². The van der Waals surface area contributed by atoms with Crippen molar-refractivity contribution in [3.8, 4) is 5.75 Å². The first-order chi connectivity index (χ1) is 7.63. The van der Waals surface area contributed by atoms with Gasteiger partial charge in [-0.3, -0.25) is 0 Å². The van der Waals surface area contributed by atoms with E-state index in [-0.39, 0.29) is 11.7 Å². The van der Waals surface area contributed by atoms with E-state index in [0.29, 0.717) is 16.7 Å². The number of hydrogen-bond donors (Lipinski definition) is 0. The molecular weight excluding hydrogens is 207 g/mol. The highest BCUT2D eigenvalue weighted by atomic mass is 19.1. The van der Waals surface area contributed by atoms with Crippen molar-refractivity contribution < 1.29 is 9.13 Å². The van der Waals surface area contributed by atoms with Crippen molar-refractivity contribution in [2.45, 2.75) is 19.8 Å². The van der Waals surface area contributed by atoms with E-state index < -0.39 is 0 Å². The average molecular weight is 220 g/mol. The van der Waals surface area contributed by atoms with E-state index in [1.807, 2.05) is 13.8 Å². The number of halogens is 1. The van der Waals surface area contributed by atoms with E-state index in [2.05, 4.69) is 9.97 Å². The molecule has 0 spiro atoms. The summed E-state index contributed by atoms with van der Waals surface area (Å²) >= 11 is 0. The molecule has 0 saturated carbocycles. The lowest BCUT2D eigenvalue weighted by Gasteiger charge is -2.09. The van der Waals surface area contributed by atoms with E-state index in [1.165, 1.54) is 19.5 Å². The maximum absolute atomic E-state index is 13.9. The number of fused-ring (bicyclic) bond motifs is 1. The van der Waals surface area contributed by atoms with Gasteiger partial charge in [-0.05, 0) is 5.92 Å². The van der Waals surface area contributed by atoms with Crippen LogP contribution in [0.4, 0.5) is 4.39 Å². The summed E-state index contributed by atoms with van der Waals surface area (Å²) < 4.78 is 18.9. The fraction of sp³-hybridized carbons (Fsp3) is 0.333. The lowest BCUT2D eigenvalue weighted by atomic mass is 10.0. The van der Waals surface area contributed by atoms with Crippen LogP contribution in [0.2, 0.25) is 0 Å². The van der Waals surface area contributed by atoms with Gasteiger partial charge >= 0.3 is 0 Å². The van der Waals surface area contributed by atoms with Gasteiger partial charge < -0.3 is 4.74 Å². The van der Waals surface area contributed by atoms with Crippen LogP contribution in [0.5, 0.6) is 5.75 Å². The quantitative estimate of drug-likeness (QED) is 0.780. The predicted molar refractivity (Wildman–Crippen MR) is 60.1 cm³/mol. The van der Waals surface area contributed by atoms with Crippen LogP contribution >= 0.6 is 0 Å². The summed E-state index contributed by atoms with van der Waals surface area (Å²) in [7, 11) is 1.51. The van der Waals surface area contributed by atoms with Gasteiger partial charge in [0.2, 0.25) is 0 Å². The SMILES string of the molecule is COc1cc(F)c2c(C(C)C)ncnc2c1. The third kappa shape index (κ3) is 1.71. The van der Waals surface area contributed by atoms with Gasteiger partial charge in [0.15, 0.2) is 0 Å². The smallest absolute Gasteiger partial charge is 0.138 e. The minimum Gasteiger partial charge on any atom is -0.497 e. The zero-order chi connectivity index (χ0) is 11.7. The molecule has 0 aliphatic heterocycles. The van der Waals surface area contributed by atoms with Crippen LogP contribution in [0.25, 0.3) is 10.9 Å². The summed E-state index contributed by atoms with van der Waals surface area (Å²) in [5.74, 6) is 0.297. The van der Waals surface area contributed by atoms with Crippen LogP contribution in [-0.2, 0) is 0 Å². The molecular formula is C12H13FN2O. The molecule has 1 aromatic heterocycles. The molecule has 2 rings (SSSR count). The summed E-state index contributed by atoms with van der Waals surface area (Å²) in [5, 5.41) is 0.485. The average Bonchev–Trinajstić information content (AvgIpc) is 2.27. The normalized spacial score (nSPS) is 11.1. The topological polar surface area (TPSA) is 35.0 Å². The lowest BCUT2D eigenvalue weighted by Crippen LogP contribution is -1.98. The highest BCUT2D eigenvalue weighted by Crippen LogP contribution is 2.27. The third-order valence-corrected chi connectivity index (χ3v) is 2.48. The Morgan fingerprint density at radius 2 is 2.00 bits per heavy atom. The predicted octanol–water partition coefficient (Wildman–Crippen LogP) is 2.90. The Bertz CT molecular complexity index is 526. The Morgan fingerprint density at radius 3 is 2.62 bits per heavy atom. The van der Waals surface area contributed by atoms with Crippen molar-refractivity contribution in [1.82, 2.24) is 9.97 Å². The van der Waals surface area contributed by atoms with Gasteiger partial charge in [-0.25, -0.2) is 14.4 Å². The molecule has 16 heavy (non-hydrogen) atoms. The van der Waals surface area contributed by atoms with E-state index in [4.69, 9.17) is 4.74 Å². The maximum atomic E-state index is 13.9. The molecule has 0 fully saturated rings. The van der Waals surface area contributed by atoms with Crippen LogP contribution in [0.1, 0.15) is 25.5 Å². The van der Waals surface area contributed by atoms with Gasteiger partial charge in [0.25, 0.3) is 0 Å². The first-order valence-corrected chi connectivity index (χ1v) is 5.11. The summed E-state index contributed by atoms with van der Waals surface area (Å²) in [4.78, 5) is 8.19. The van der Waals surface area contributed by atoms with Crippen LogP contribution in [0.15, 0.2) is 18.5 Å². The molecule has 0 aliphatic rings. The lowest BCUT2D eigenvalue weighted by molar-refractivity contribution is 0.412. The number of aromatic nitrogens is 2. The molecule has 4 heteroatoms. The zero-order valence-electron chi connectivity index (χ0n) is 9.49. The summed E-state index contributed by atoms with van der Waals surface area (Å²) in [6, 6.07) is 3.07. The minimum atomic E-state index is -0.335. The van der Waals surface area contributed by atoms with Gasteiger partial charge in [0, 0.05) is 12.1 Å².